The lowest BCUT2D eigenvalue weighted by Crippen LogP contribution is -2.22. The Kier molecular flexibility index (Phi) is 5.14. The van der Waals surface area contributed by atoms with Crippen molar-refractivity contribution in [3.8, 4) is 11.4 Å². The van der Waals surface area contributed by atoms with Gasteiger partial charge in [0, 0.05) is 30.1 Å². The second kappa shape index (κ2) is 7.89. The normalized spacial score (nSPS) is 12.4. The first-order valence-corrected chi connectivity index (χ1v) is 9.31. The van der Waals surface area contributed by atoms with Gasteiger partial charge in [-0.15, -0.1) is 0 Å². The number of benzene rings is 2. The second-order valence-electron chi connectivity index (χ2n) is 6.98. The van der Waals surface area contributed by atoms with Crippen LogP contribution in [0.5, 0.6) is 5.75 Å². The van der Waals surface area contributed by atoms with Gasteiger partial charge in [-0.25, -0.2) is 14.5 Å². The average molecular weight is 390 g/mol. The SMILES string of the molecule is COc1ccc2c(CN(C)C(C)c3ccc(-n4cncn4)cc3)cc(=O)oc2c1. The maximum atomic E-state index is 12.0. The number of hydrogen-bond donors (Lipinski definition) is 0. The summed E-state index contributed by atoms with van der Waals surface area (Å²) >= 11 is 0. The highest BCUT2D eigenvalue weighted by Gasteiger charge is 2.15. The van der Waals surface area contributed by atoms with E-state index in [0.29, 0.717) is 17.9 Å². The van der Waals surface area contributed by atoms with Crippen molar-refractivity contribution < 1.29 is 9.15 Å². The van der Waals surface area contributed by atoms with Crippen molar-refractivity contribution in [2.24, 2.45) is 0 Å². The number of ether oxygens (including phenoxy) is 1. The van der Waals surface area contributed by atoms with Crippen molar-refractivity contribution in [2.75, 3.05) is 14.2 Å². The zero-order chi connectivity index (χ0) is 20.4. The van der Waals surface area contributed by atoms with Crippen LogP contribution >= 0.6 is 0 Å². The predicted octanol–water partition coefficient (Wildman–Crippen LogP) is 3.58. The molecule has 0 saturated heterocycles. The molecule has 2 aromatic heterocycles. The number of hydrogen-bond acceptors (Lipinski definition) is 6. The van der Waals surface area contributed by atoms with E-state index in [2.05, 4.69) is 34.0 Å². The summed E-state index contributed by atoms with van der Waals surface area (Å²) in [4.78, 5) is 18.2. The van der Waals surface area contributed by atoms with Crippen molar-refractivity contribution >= 4 is 11.0 Å². The van der Waals surface area contributed by atoms with Crippen LogP contribution in [0.15, 0.2) is 70.4 Å². The summed E-state index contributed by atoms with van der Waals surface area (Å²) in [6.07, 6.45) is 3.19. The van der Waals surface area contributed by atoms with Crippen molar-refractivity contribution in [2.45, 2.75) is 19.5 Å². The van der Waals surface area contributed by atoms with E-state index in [4.69, 9.17) is 9.15 Å². The molecule has 7 heteroatoms. The van der Waals surface area contributed by atoms with E-state index in [1.165, 1.54) is 11.9 Å². The molecule has 0 fully saturated rings. The zero-order valence-corrected chi connectivity index (χ0v) is 16.6. The molecular formula is C22H22N4O3. The Morgan fingerprint density at radius 1 is 1.17 bits per heavy atom. The molecule has 29 heavy (non-hydrogen) atoms. The largest absolute Gasteiger partial charge is 0.497 e. The number of aromatic nitrogens is 3. The summed E-state index contributed by atoms with van der Waals surface area (Å²) in [6.45, 7) is 2.75. The van der Waals surface area contributed by atoms with E-state index < -0.39 is 0 Å². The Balaban J connectivity index is 1.57. The molecular weight excluding hydrogens is 368 g/mol. The van der Waals surface area contributed by atoms with Crippen molar-refractivity contribution in [1.29, 1.82) is 0 Å². The molecule has 0 radical (unpaired) electrons. The summed E-state index contributed by atoms with van der Waals surface area (Å²) in [6, 6.07) is 15.5. The molecule has 7 nitrogen and oxygen atoms in total. The molecule has 0 saturated carbocycles. The minimum atomic E-state index is -0.362. The van der Waals surface area contributed by atoms with E-state index in [0.717, 1.165) is 16.6 Å². The maximum absolute atomic E-state index is 12.0. The third-order valence-electron chi connectivity index (χ3n) is 5.18. The van der Waals surface area contributed by atoms with Crippen LogP contribution in [0.2, 0.25) is 0 Å². The highest BCUT2D eigenvalue weighted by molar-refractivity contribution is 5.81. The molecule has 0 aliphatic heterocycles. The first-order chi connectivity index (χ1) is 14.0. The van der Waals surface area contributed by atoms with Gasteiger partial charge < -0.3 is 9.15 Å². The van der Waals surface area contributed by atoms with E-state index >= 15 is 0 Å². The van der Waals surface area contributed by atoms with Gasteiger partial charge in [-0.3, -0.25) is 4.90 Å². The summed E-state index contributed by atoms with van der Waals surface area (Å²) in [5.74, 6) is 0.659. The van der Waals surface area contributed by atoms with E-state index in [1.807, 2.05) is 31.3 Å². The first-order valence-electron chi connectivity index (χ1n) is 9.31. The molecule has 0 N–H and O–H groups in total. The Labute approximate surface area is 168 Å². The van der Waals surface area contributed by atoms with Gasteiger partial charge in [-0.05, 0) is 49.4 Å². The fourth-order valence-corrected chi connectivity index (χ4v) is 3.38. The topological polar surface area (TPSA) is 73.4 Å². The molecule has 0 aliphatic rings. The molecule has 1 atom stereocenters. The highest BCUT2D eigenvalue weighted by Crippen LogP contribution is 2.26. The number of methoxy groups -OCH3 is 1. The highest BCUT2D eigenvalue weighted by atomic mass is 16.5. The fraction of sp³-hybridized carbons (Fsp3) is 0.227. The van der Waals surface area contributed by atoms with E-state index in [1.54, 1.807) is 30.3 Å². The molecule has 4 aromatic rings. The van der Waals surface area contributed by atoms with Crippen molar-refractivity contribution in [3.05, 3.63) is 82.7 Å². The third kappa shape index (κ3) is 3.90. The minimum absolute atomic E-state index is 0.153. The third-order valence-corrected chi connectivity index (χ3v) is 5.18. The maximum Gasteiger partial charge on any atom is 0.336 e. The van der Waals surface area contributed by atoms with Gasteiger partial charge in [0.15, 0.2) is 0 Å². The van der Waals surface area contributed by atoms with Gasteiger partial charge in [0.2, 0.25) is 0 Å². The van der Waals surface area contributed by atoms with E-state index in [-0.39, 0.29) is 11.7 Å². The van der Waals surface area contributed by atoms with Gasteiger partial charge in [0.05, 0.1) is 12.8 Å². The monoisotopic (exact) mass is 390 g/mol. The molecule has 2 heterocycles. The zero-order valence-electron chi connectivity index (χ0n) is 16.6. The first kappa shape index (κ1) is 18.9. The number of nitrogens with zero attached hydrogens (tertiary/aromatic N) is 4. The molecule has 148 valence electrons. The van der Waals surface area contributed by atoms with Crippen molar-refractivity contribution in [3.63, 3.8) is 0 Å². The van der Waals surface area contributed by atoms with Crippen LogP contribution in [0.1, 0.15) is 24.1 Å². The smallest absolute Gasteiger partial charge is 0.336 e. The minimum Gasteiger partial charge on any atom is -0.497 e. The number of fused-ring (bicyclic) bond motifs is 1. The van der Waals surface area contributed by atoms with Gasteiger partial charge in [-0.2, -0.15) is 5.10 Å². The fourth-order valence-electron chi connectivity index (χ4n) is 3.38. The summed E-state index contributed by atoms with van der Waals surface area (Å²) in [7, 11) is 3.63. The lowest BCUT2D eigenvalue weighted by atomic mass is 10.0. The van der Waals surface area contributed by atoms with Gasteiger partial charge in [0.1, 0.15) is 24.0 Å². The van der Waals surface area contributed by atoms with Crippen LogP contribution in [-0.2, 0) is 6.54 Å². The standard InChI is InChI=1S/C22H22N4O3/c1-15(16-4-6-18(7-5-16)26-14-23-13-24-26)25(2)12-17-10-22(27)29-21-11-19(28-3)8-9-20(17)21/h4-11,13-15H,12H2,1-3H3. The Morgan fingerprint density at radius 3 is 2.66 bits per heavy atom. The summed E-state index contributed by atoms with van der Waals surface area (Å²) in [5, 5.41) is 5.06. The molecule has 0 aliphatic carbocycles. The Hall–Kier alpha value is -3.45. The Bertz CT molecular complexity index is 1170. The lowest BCUT2D eigenvalue weighted by molar-refractivity contribution is 0.253. The van der Waals surface area contributed by atoms with E-state index in [9.17, 15) is 4.79 Å². The molecule has 2 aromatic carbocycles. The molecule has 0 spiro atoms. The van der Waals surface area contributed by atoms with Crippen molar-refractivity contribution in [1.82, 2.24) is 19.7 Å². The van der Waals surface area contributed by atoms with Gasteiger partial charge in [0.25, 0.3) is 0 Å². The van der Waals surface area contributed by atoms with Crippen LogP contribution in [0.4, 0.5) is 0 Å². The lowest BCUT2D eigenvalue weighted by Gasteiger charge is -2.25. The van der Waals surface area contributed by atoms with Crippen LogP contribution < -0.4 is 10.4 Å². The van der Waals surface area contributed by atoms with Crippen LogP contribution in [0.25, 0.3) is 16.7 Å². The van der Waals surface area contributed by atoms with Gasteiger partial charge in [-0.1, -0.05) is 12.1 Å². The second-order valence-corrected chi connectivity index (χ2v) is 6.98. The van der Waals surface area contributed by atoms with Crippen LogP contribution in [-0.4, -0.2) is 33.8 Å². The summed E-state index contributed by atoms with van der Waals surface area (Å²) in [5.41, 5.74) is 3.23. The molecule has 0 bridgehead atoms. The quantitative estimate of drug-likeness (QED) is 0.469. The molecule has 0 amide bonds. The Morgan fingerprint density at radius 2 is 1.97 bits per heavy atom. The summed E-state index contributed by atoms with van der Waals surface area (Å²) < 4.78 is 12.3. The molecule has 1 unspecified atom stereocenters. The van der Waals surface area contributed by atoms with Crippen LogP contribution in [0.3, 0.4) is 0 Å². The molecule has 4 rings (SSSR count). The predicted molar refractivity (Wildman–Crippen MR) is 110 cm³/mol. The average Bonchev–Trinajstić information content (AvgIpc) is 3.27. The van der Waals surface area contributed by atoms with Gasteiger partial charge >= 0.3 is 5.63 Å². The van der Waals surface area contributed by atoms with Crippen LogP contribution in [0, 0.1) is 0 Å². The number of rotatable bonds is 6.